The number of halogens is 1. The highest BCUT2D eigenvalue weighted by Gasteiger charge is 2.41. The summed E-state index contributed by atoms with van der Waals surface area (Å²) >= 11 is 0. The Kier molecular flexibility index (Phi) is 5.86. The quantitative estimate of drug-likeness (QED) is 0.685. The van der Waals surface area contributed by atoms with Crippen LogP contribution in [0.15, 0.2) is 42.5 Å². The SMILES string of the molecule is Cc1ccc2c(c1)N[C@]1(CCC(=O)N([C@@H](C)C(=O)NCc3cccc(F)c3)CC1)NC2=O. The van der Waals surface area contributed by atoms with Gasteiger partial charge in [0.15, 0.2) is 0 Å². The summed E-state index contributed by atoms with van der Waals surface area (Å²) in [6, 6.07) is 11.0. The first kappa shape index (κ1) is 21.8. The molecule has 2 heterocycles. The molecule has 2 aliphatic rings. The normalized spacial score (nSPS) is 21.3. The van der Waals surface area contributed by atoms with Crippen LogP contribution in [0.3, 0.4) is 0 Å². The number of hydrogen-bond acceptors (Lipinski definition) is 4. The smallest absolute Gasteiger partial charge is 0.255 e. The molecule has 0 unspecified atom stereocenters. The number of aryl methyl sites for hydroxylation is 1. The Morgan fingerprint density at radius 3 is 2.78 bits per heavy atom. The molecule has 0 bridgehead atoms. The molecule has 1 saturated heterocycles. The van der Waals surface area contributed by atoms with Gasteiger partial charge < -0.3 is 20.9 Å². The van der Waals surface area contributed by atoms with Crippen molar-refractivity contribution in [2.24, 2.45) is 0 Å². The third kappa shape index (κ3) is 4.44. The number of amides is 3. The van der Waals surface area contributed by atoms with Gasteiger partial charge in [0.25, 0.3) is 5.91 Å². The van der Waals surface area contributed by atoms with E-state index in [4.69, 9.17) is 0 Å². The topological polar surface area (TPSA) is 90.5 Å². The van der Waals surface area contributed by atoms with E-state index in [-0.39, 0.29) is 36.5 Å². The lowest BCUT2D eigenvalue weighted by Gasteiger charge is -2.40. The Balaban J connectivity index is 1.43. The van der Waals surface area contributed by atoms with E-state index in [1.165, 1.54) is 12.1 Å². The monoisotopic (exact) mass is 438 g/mol. The van der Waals surface area contributed by atoms with Gasteiger partial charge in [-0.3, -0.25) is 14.4 Å². The average Bonchev–Trinajstić information content (AvgIpc) is 2.90. The fourth-order valence-corrected chi connectivity index (χ4v) is 4.34. The number of carbonyl (C=O) groups is 3. The summed E-state index contributed by atoms with van der Waals surface area (Å²) in [5.41, 5.74) is 2.29. The van der Waals surface area contributed by atoms with Gasteiger partial charge in [0.05, 0.1) is 5.56 Å². The van der Waals surface area contributed by atoms with Gasteiger partial charge in [-0.15, -0.1) is 0 Å². The number of hydrogen-bond donors (Lipinski definition) is 3. The minimum atomic E-state index is -0.736. The van der Waals surface area contributed by atoms with Crippen LogP contribution in [-0.4, -0.2) is 40.9 Å². The van der Waals surface area contributed by atoms with Gasteiger partial charge in [0, 0.05) is 31.6 Å². The molecular formula is C24H27FN4O3. The van der Waals surface area contributed by atoms with Crippen LogP contribution in [0.4, 0.5) is 10.1 Å². The maximum atomic E-state index is 13.4. The van der Waals surface area contributed by atoms with Crippen LogP contribution in [0.2, 0.25) is 0 Å². The van der Waals surface area contributed by atoms with Crippen molar-refractivity contribution >= 4 is 23.4 Å². The number of fused-ring (bicyclic) bond motifs is 1. The largest absolute Gasteiger partial charge is 0.362 e. The van der Waals surface area contributed by atoms with Gasteiger partial charge in [-0.05, 0) is 55.7 Å². The molecule has 168 valence electrons. The second-order valence-electron chi connectivity index (χ2n) is 8.57. The predicted molar refractivity (Wildman–Crippen MR) is 118 cm³/mol. The van der Waals surface area contributed by atoms with Crippen molar-refractivity contribution in [3.8, 4) is 0 Å². The molecule has 1 fully saturated rings. The van der Waals surface area contributed by atoms with Crippen LogP contribution in [0.25, 0.3) is 0 Å². The van der Waals surface area contributed by atoms with Crippen LogP contribution in [0.5, 0.6) is 0 Å². The van der Waals surface area contributed by atoms with Crippen molar-refractivity contribution in [1.29, 1.82) is 0 Å². The van der Waals surface area contributed by atoms with Gasteiger partial charge in [-0.2, -0.15) is 0 Å². The van der Waals surface area contributed by atoms with Gasteiger partial charge in [-0.25, -0.2) is 4.39 Å². The molecule has 4 rings (SSSR count). The first-order chi connectivity index (χ1) is 15.3. The molecule has 0 radical (unpaired) electrons. The van der Waals surface area contributed by atoms with Crippen LogP contribution in [0.1, 0.15) is 47.7 Å². The second kappa shape index (κ2) is 8.61. The third-order valence-corrected chi connectivity index (χ3v) is 6.21. The summed E-state index contributed by atoms with van der Waals surface area (Å²) < 4.78 is 13.4. The van der Waals surface area contributed by atoms with Crippen molar-refractivity contribution in [2.75, 3.05) is 11.9 Å². The summed E-state index contributed by atoms with van der Waals surface area (Å²) in [6.45, 7) is 4.15. The van der Waals surface area contributed by atoms with Crippen LogP contribution < -0.4 is 16.0 Å². The van der Waals surface area contributed by atoms with Crippen LogP contribution >= 0.6 is 0 Å². The fourth-order valence-electron chi connectivity index (χ4n) is 4.34. The van der Waals surface area contributed by atoms with Gasteiger partial charge in [-0.1, -0.05) is 18.2 Å². The van der Waals surface area contributed by atoms with E-state index in [2.05, 4.69) is 16.0 Å². The molecule has 32 heavy (non-hydrogen) atoms. The first-order valence-corrected chi connectivity index (χ1v) is 10.8. The van der Waals surface area contributed by atoms with Crippen molar-refractivity contribution < 1.29 is 18.8 Å². The lowest BCUT2D eigenvalue weighted by atomic mass is 9.94. The Morgan fingerprint density at radius 2 is 2.00 bits per heavy atom. The highest BCUT2D eigenvalue weighted by Crippen LogP contribution is 2.32. The number of anilines is 1. The molecule has 2 aromatic carbocycles. The maximum Gasteiger partial charge on any atom is 0.255 e. The highest BCUT2D eigenvalue weighted by molar-refractivity contribution is 6.02. The Labute approximate surface area is 186 Å². The molecule has 3 amide bonds. The molecule has 2 aliphatic heterocycles. The summed E-state index contributed by atoms with van der Waals surface area (Å²) in [7, 11) is 0. The van der Waals surface area contributed by atoms with E-state index >= 15 is 0 Å². The zero-order valence-corrected chi connectivity index (χ0v) is 18.2. The average molecular weight is 439 g/mol. The number of likely N-dealkylation sites (tertiary alicyclic amines) is 1. The maximum absolute atomic E-state index is 13.4. The minimum absolute atomic E-state index is 0.138. The molecule has 2 atom stereocenters. The number of carbonyl (C=O) groups excluding carboxylic acids is 3. The number of rotatable bonds is 4. The number of nitrogens with zero attached hydrogens (tertiary/aromatic N) is 1. The van der Waals surface area contributed by atoms with E-state index < -0.39 is 11.7 Å². The van der Waals surface area contributed by atoms with E-state index in [0.29, 0.717) is 30.5 Å². The second-order valence-corrected chi connectivity index (χ2v) is 8.57. The predicted octanol–water partition coefficient (Wildman–Crippen LogP) is 2.70. The molecular weight excluding hydrogens is 411 g/mol. The minimum Gasteiger partial charge on any atom is -0.362 e. The van der Waals surface area contributed by atoms with Gasteiger partial charge in [0.2, 0.25) is 11.8 Å². The third-order valence-electron chi connectivity index (χ3n) is 6.21. The van der Waals surface area contributed by atoms with Crippen molar-refractivity contribution in [3.63, 3.8) is 0 Å². The Bertz CT molecular complexity index is 1070. The molecule has 7 nitrogen and oxygen atoms in total. The lowest BCUT2D eigenvalue weighted by Crippen LogP contribution is -2.58. The van der Waals surface area contributed by atoms with E-state index in [1.54, 1.807) is 30.0 Å². The summed E-state index contributed by atoms with van der Waals surface area (Å²) in [5, 5.41) is 9.26. The zero-order valence-electron chi connectivity index (χ0n) is 18.2. The standard InChI is InChI=1S/C24H27FN4O3/c1-15-6-7-19-20(12-15)27-24(28-23(19)32)9-8-21(30)29(11-10-24)16(2)22(31)26-14-17-4-3-5-18(25)13-17/h3-7,12-13,16,27H,8-11,14H2,1-2H3,(H,26,31)(H,28,32)/t16-,24+/m0/s1. The highest BCUT2D eigenvalue weighted by atomic mass is 19.1. The zero-order chi connectivity index (χ0) is 22.9. The summed E-state index contributed by atoms with van der Waals surface area (Å²) in [5.74, 6) is -0.973. The fraction of sp³-hybridized carbons (Fsp3) is 0.375. The first-order valence-electron chi connectivity index (χ1n) is 10.8. The number of benzene rings is 2. The van der Waals surface area contributed by atoms with E-state index in [1.807, 2.05) is 19.1 Å². The van der Waals surface area contributed by atoms with E-state index in [0.717, 1.165) is 11.3 Å². The van der Waals surface area contributed by atoms with Crippen LogP contribution in [0, 0.1) is 12.7 Å². The van der Waals surface area contributed by atoms with Gasteiger partial charge in [0.1, 0.15) is 17.5 Å². The summed E-state index contributed by atoms with van der Waals surface area (Å²) in [6.07, 6.45) is 1.11. The van der Waals surface area contributed by atoms with E-state index in [9.17, 15) is 18.8 Å². The van der Waals surface area contributed by atoms with Gasteiger partial charge >= 0.3 is 0 Å². The van der Waals surface area contributed by atoms with Crippen molar-refractivity contribution in [1.82, 2.24) is 15.5 Å². The molecule has 1 spiro atoms. The summed E-state index contributed by atoms with van der Waals surface area (Å²) in [4.78, 5) is 39.8. The molecule has 0 saturated carbocycles. The molecule has 3 N–H and O–H groups in total. The Morgan fingerprint density at radius 1 is 1.19 bits per heavy atom. The Hall–Kier alpha value is -3.42. The molecule has 0 aromatic heterocycles. The lowest BCUT2D eigenvalue weighted by molar-refractivity contribution is -0.139. The van der Waals surface area contributed by atoms with Crippen LogP contribution in [-0.2, 0) is 16.1 Å². The molecule has 0 aliphatic carbocycles. The van der Waals surface area contributed by atoms with Crippen molar-refractivity contribution in [3.05, 3.63) is 65.0 Å². The molecule has 2 aromatic rings. The number of nitrogens with one attached hydrogen (secondary N) is 3. The molecule has 8 heteroatoms. The van der Waals surface area contributed by atoms with Crippen molar-refractivity contribution in [2.45, 2.75) is 51.4 Å².